The van der Waals surface area contributed by atoms with Crippen LogP contribution in [0.25, 0.3) is 11.2 Å². The quantitative estimate of drug-likeness (QED) is 0.0201. The number of aryl methyl sites for hydroxylation is 1. The predicted molar refractivity (Wildman–Crippen MR) is 262 cm³/mol. The van der Waals surface area contributed by atoms with Gasteiger partial charge in [-0.05, 0) is 70.6 Å². The number of rotatable bonds is 23. The molecule has 406 valence electrons. The summed E-state index contributed by atoms with van der Waals surface area (Å²) in [5.41, 5.74) is 3.17. The Morgan fingerprint density at radius 2 is 1.72 bits per heavy atom. The van der Waals surface area contributed by atoms with Gasteiger partial charge in [-0.3, -0.25) is 13.9 Å². The number of aromatic nitrogens is 4. The number of phosphoric acid groups is 3. The van der Waals surface area contributed by atoms with E-state index in [2.05, 4.69) is 61.2 Å². The van der Waals surface area contributed by atoms with E-state index in [1.807, 2.05) is 32.0 Å². The van der Waals surface area contributed by atoms with Crippen LogP contribution in [0.15, 0.2) is 41.9 Å². The standard InChI is InChI=1S/C43H60N9O18P3S/c1-4-50-15-9-11-26-17-29-33(19-31(26)50)67-34-20-32-28(18-30(34)49-29)27(23-74(63,64)65)21-43(2,3)52(32)16-10-12-36(53)44-13-7-5-6-8-14-45-40-37-41(47-24-46-40)51(25-48-37)42-39(55)38(54)35(68-42)22-66-72(59,60)70-73(61,62)69-71(56,57)58/h17-20,24-25,27,35,38-39,42,54-55H,4-16,21-23H2,1-3H3,(H6-,44,45,46,47,53,56,57,58,59,60,61,62,63,64,65)/t27?,35-,38-,39-,42-/m1/s1. The molecule has 0 saturated carbocycles. The van der Waals surface area contributed by atoms with Gasteiger partial charge in [-0.1, -0.05) is 12.8 Å². The molecule has 31 heteroatoms. The summed E-state index contributed by atoms with van der Waals surface area (Å²) in [6, 6.07) is 7.86. The highest BCUT2D eigenvalue weighted by molar-refractivity contribution is 7.85. The third-order valence-corrected chi connectivity index (χ3v) is 17.8. The minimum Gasteiger partial charge on any atom is -0.748 e. The van der Waals surface area contributed by atoms with E-state index in [9.17, 15) is 51.5 Å². The van der Waals surface area contributed by atoms with Crippen molar-refractivity contribution in [2.45, 2.75) is 115 Å². The molecule has 0 bridgehead atoms. The van der Waals surface area contributed by atoms with Gasteiger partial charge in [0.2, 0.25) is 11.3 Å². The van der Waals surface area contributed by atoms with Gasteiger partial charge in [0.1, 0.15) is 48.8 Å². The molecule has 8 rings (SSSR count). The summed E-state index contributed by atoms with van der Waals surface area (Å²) in [4.78, 5) is 69.6. The first-order chi connectivity index (χ1) is 34.8. The number of aliphatic hydroxyl groups excluding tert-OH is 2. The summed E-state index contributed by atoms with van der Waals surface area (Å²) in [6.45, 7) is 8.46. The van der Waals surface area contributed by atoms with Crippen LogP contribution in [0, 0.1) is 0 Å². The van der Waals surface area contributed by atoms with Crippen LogP contribution < -0.4 is 35.6 Å². The second-order valence-corrected chi connectivity index (χ2v) is 25.0. The summed E-state index contributed by atoms with van der Waals surface area (Å²) in [5.74, 6) is 0.352. The lowest BCUT2D eigenvalue weighted by atomic mass is 9.79. The molecular formula is C43H60N9O18P3S. The van der Waals surface area contributed by atoms with Crippen LogP contribution in [0.4, 0.5) is 17.2 Å². The lowest BCUT2D eigenvalue weighted by molar-refractivity contribution is -0.121. The van der Waals surface area contributed by atoms with Crippen LogP contribution in [0.5, 0.6) is 11.5 Å². The van der Waals surface area contributed by atoms with E-state index in [1.54, 1.807) is 0 Å². The predicted octanol–water partition coefficient (Wildman–Crippen LogP) is 2.49. The SMILES string of the molecule is CC[N+]1=c2cc3c(cc2CCC1)=Nc1cc2c(cc1O3)N(CCCC(=O)NCCCCCCNc1ncnc3c1ncn3[C@@H]1O[C@H](COP(=O)(O)OP(=O)(O)OP(=O)(O)O)[C@@H](O)[C@H]1O)C(C)(C)CC2CS(=O)(=O)[O-]. The Bertz CT molecular complexity index is 3160. The zero-order valence-electron chi connectivity index (χ0n) is 40.6. The van der Waals surface area contributed by atoms with Crippen LogP contribution >= 0.6 is 23.5 Å². The highest BCUT2D eigenvalue weighted by Gasteiger charge is 2.47. The Morgan fingerprint density at radius 3 is 2.45 bits per heavy atom. The van der Waals surface area contributed by atoms with E-state index in [-0.39, 0.29) is 18.0 Å². The number of benzene rings is 2. The van der Waals surface area contributed by atoms with Crippen molar-refractivity contribution in [1.29, 1.82) is 0 Å². The van der Waals surface area contributed by atoms with Gasteiger partial charge < -0.3 is 59.3 Å². The fourth-order valence-electron chi connectivity index (χ4n) is 9.95. The number of phosphoric ester groups is 1. The number of anilines is 2. The Labute approximate surface area is 424 Å². The average Bonchev–Trinajstić information content (AvgIpc) is 3.85. The zero-order chi connectivity index (χ0) is 53.4. The first-order valence-electron chi connectivity index (χ1n) is 24.0. The van der Waals surface area contributed by atoms with Crippen LogP contribution in [-0.4, -0.2) is 137 Å². The van der Waals surface area contributed by atoms with E-state index in [0.29, 0.717) is 71.9 Å². The van der Waals surface area contributed by atoms with Crippen LogP contribution in [0.1, 0.15) is 95.4 Å². The summed E-state index contributed by atoms with van der Waals surface area (Å²) in [7, 11) is -21.5. The highest BCUT2D eigenvalue weighted by Crippen LogP contribution is 2.66. The van der Waals surface area contributed by atoms with Crippen molar-refractivity contribution in [2.24, 2.45) is 4.99 Å². The number of hydrogen-bond donors (Lipinski definition) is 8. The maximum Gasteiger partial charge on any atom is 0.490 e. The molecule has 6 heterocycles. The normalized spacial score (nSPS) is 22.9. The highest BCUT2D eigenvalue weighted by atomic mass is 32.2. The van der Waals surface area contributed by atoms with Crippen LogP contribution in [-0.2, 0) is 52.9 Å². The van der Waals surface area contributed by atoms with Gasteiger partial charge in [-0.15, -0.1) is 0 Å². The minimum absolute atomic E-state index is 0.0957. The second kappa shape index (κ2) is 22.3. The number of hydrogen-bond acceptors (Lipinski definition) is 20. The number of ether oxygens (including phenoxy) is 2. The molecule has 4 aliphatic heterocycles. The smallest absolute Gasteiger partial charge is 0.490 e. The van der Waals surface area contributed by atoms with Gasteiger partial charge in [0.15, 0.2) is 34.7 Å². The lowest BCUT2D eigenvalue weighted by Gasteiger charge is -2.48. The summed E-state index contributed by atoms with van der Waals surface area (Å²) in [6.07, 6.45) is 2.53. The molecule has 2 aromatic heterocycles. The van der Waals surface area contributed by atoms with Crippen molar-refractivity contribution < 1.29 is 83.9 Å². The number of carbonyl (C=O) groups is 1. The van der Waals surface area contributed by atoms with Crippen LogP contribution in [0.3, 0.4) is 0 Å². The van der Waals surface area contributed by atoms with Gasteiger partial charge in [-0.2, -0.15) is 8.62 Å². The van der Waals surface area contributed by atoms with Crippen LogP contribution in [0.2, 0.25) is 0 Å². The van der Waals surface area contributed by atoms with Gasteiger partial charge in [0.25, 0.3) is 0 Å². The van der Waals surface area contributed by atoms with Crippen molar-refractivity contribution in [1.82, 2.24) is 29.4 Å². The fourth-order valence-corrected chi connectivity index (χ4v) is 13.8. The Hall–Kier alpha value is -4.34. The summed E-state index contributed by atoms with van der Waals surface area (Å²) >= 11 is 0. The molecule has 8 N–H and O–H groups in total. The van der Waals surface area contributed by atoms with Gasteiger partial charge in [0.05, 0.1) is 29.1 Å². The Morgan fingerprint density at radius 1 is 0.959 bits per heavy atom. The maximum absolute atomic E-state index is 13.0. The van der Waals surface area contributed by atoms with Gasteiger partial charge in [0, 0.05) is 67.0 Å². The summed E-state index contributed by atoms with van der Waals surface area (Å²) < 4.78 is 98.9. The molecule has 3 unspecified atom stereocenters. The lowest BCUT2D eigenvalue weighted by Crippen LogP contribution is -2.50. The molecule has 74 heavy (non-hydrogen) atoms. The Balaban J connectivity index is 0.790. The number of fused-ring (bicyclic) bond motifs is 5. The minimum atomic E-state index is -5.78. The average molecular weight is 1120 g/mol. The molecule has 7 atom stereocenters. The van der Waals surface area contributed by atoms with Crippen molar-refractivity contribution >= 4 is 67.8 Å². The molecule has 1 amide bonds. The van der Waals surface area contributed by atoms with Crippen molar-refractivity contribution in [3.63, 3.8) is 0 Å². The molecule has 0 aliphatic carbocycles. The largest absolute Gasteiger partial charge is 0.748 e. The number of aliphatic hydroxyl groups is 2. The molecule has 2 aromatic carbocycles. The van der Waals surface area contributed by atoms with Gasteiger partial charge in [-0.25, -0.2) is 46.6 Å². The Kier molecular flexibility index (Phi) is 16.9. The second-order valence-electron chi connectivity index (χ2n) is 19.1. The first-order valence-corrected chi connectivity index (χ1v) is 30.1. The maximum atomic E-state index is 13.0. The molecule has 4 aliphatic rings. The van der Waals surface area contributed by atoms with Gasteiger partial charge >= 0.3 is 23.5 Å². The monoisotopic (exact) mass is 1120 g/mol. The fraction of sp³-hybridized carbons (Fsp3) is 0.581. The molecule has 0 spiro atoms. The number of nitrogens with one attached hydrogen (secondary N) is 2. The van der Waals surface area contributed by atoms with E-state index in [4.69, 9.17) is 24.3 Å². The number of unbranched alkanes of at least 4 members (excludes halogenated alkanes) is 3. The summed E-state index contributed by atoms with van der Waals surface area (Å²) in [5, 5.41) is 29.4. The molecule has 4 aromatic rings. The third kappa shape index (κ3) is 13.4. The van der Waals surface area contributed by atoms with E-state index in [1.165, 1.54) is 22.8 Å². The number of amides is 1. The molecule has 1 saturated heterocycles. The number of carbonyl (C=O) groups excluding carboxylic acids is 1. The van der Waals surface area contributed by atoms with E-state index < -0.39 is 81.9 Å². The van der Waals surface area contributed by atoms with Crippen molar-refractivity contribution in [3.8, 4) is 11.5 Å². The molecule has 1 fully saturated rings. The number of nitrogens with zero attached hydrogens (tertiary/aromatic N) is 7. The topological polar surface area (TPSA) is 379 Å². The zero-order valence-corrected chi connectivity index (χ0v) is 44.1. The van der Waals surface area contributed by atoms with E-state index in [0.717, 1.165) is 62.7 Å². The first kappa shape index (κ1) is 55.9. The number of imidazole rings is 1. The van der Waals surface area contributed by atoms with Crippen molar-refractivity contribution in [3.05, 3.63) is 58.8 Å². The third-order valence-electron chi connectivity index (χ3n) is 13.2. The van der Waals surface area contributed by atoms with E-state index >= 15 is 0 Å². The molecular weight excluding hydrogens is 1060 g/mol. The molecule has 27 nitrogen and oxygen atoms in total. The molecule has 0 radical (unpaired) electrons. The van der Waals surface area contributed by atoms with Crippen molar-refractivity contribution in [2.75, 3.05) is 55.3 Å².